The van der Waals surface area contributed by atoms with Gasteiger partial charge in [-0.15, -0.1) is 11.6 Å². The summed E-state index contributed by atoms with van der Waals surface area (Å²) in [6, 6.07) is 5.34. The lowest BCUT2D eigenvalue weighted by Gasteiger charge is -2.10. The Hall–Kier alpha value is -1.08. The van der Waals surface area contributed by atoms with E-state index in [1.807, 2.05) is 0 Å². The number of halogens is 4. The van der Waals surface area contributed by atoms with Crippen LogP contribution < -0.4 is 4.74 Å². The first kappa shape index (κ1) is 16.3. The zero-order valence-corrected chi connectivity index (χ0v) is 12.9. The molecule has 0 saturated carbocycles. The largest absolute Gasteiger partial charge is 0.497 e. The van der Waals surface area contributed by atoms with Crippen molar-refractivity contribution in [3.05, 3.63) is 24.0 Å². The molecule has 2 rings (SSSR count). The van der Waals surface area contributed by atoms with Crippen molar-refractivity contribution in [3.8, 4) is 5.75 Å². The third-order valence-corrected chi connectivity index (χ3v) is 3.84. The number of imidazole rings is 1. The van der Waals surface area contributed by atoms with Crippen LogP contribution in [0, 0.1) is 0 Å². The molecule has 1 aromatic carbocycles. The zero-order chi connectivity index (χ0) is 15.5. The van der Waals surface area contributed by atoms with Gasteiger partial charge in [0.2, 0.25) is 0 Å². The molecule has 0 amide bonds. The van der Waals surface area contributed by atoms with Crippen LogP contribution in [0.2, 0.25) is 0 Å². The molecule has 0 unspecified atom stereocenters. The predicted molar refractivity (Wildman–Crippen MR) is 79.2 cm³/mol. The molecule has 2 aromatic rings. The van der Waals surface area contributed by atoms with Gasteiger partial charge in [-0.2, -0.15) is 13.2 Å². The second-order valence-electron chi connectivity index (χ2n) is 4.27. The van der Waals surface area contributed by atoms with E-state index in [-0.39, 0.29) is 24.1 Å². The number of rotatable bonds is 6. The number of aryl methyl sites for hydroxylation is 2. The van der Waals surface area contributed by atoms with Gasteiger partial charge in [0.25, 0.3) is 0 Å². The zero-order valence-electron chi connectivity index (χ0n) is 11.3. The van der Waals surface area contributed by atoms with E-state index in [4.69, 9.17) is 16.3 Å². The van der Waals surface area contributed by atoms with E-state index >= 15 is 0 Å². The highest BCUT2D eigenvalue weighted by atomic mass is 35.5. The van der Waals surface area contributed by atoms with Crippen molar-refractivity contribution in [2.75, 3.05) is 18.7 Å². The van der Waals surface area contributed by atoms with Gasteiger partial charge < -0.3 is 9.30 Å². The molecule has 21 heavy (non-hydrogen) atoms. The lowest BCUT2D eigenvalue weighted by molar-refractivity contribution is -0.0328. The summed E-state index contributed by atoms with van der Waals surface area (Å²) in [7, 11) is 1.54. The fourth-order valence-corrected chi connectivity index (χ4v) is 2.73. The maximum absolute atomic E-state index is 12.3. The molecule has 1 aromatic heterocycles. The number of nitrogens with zero attached hydrogens (tertiary/aromatic N) is 2. The van der Waals surface area contributed by atoms with Crippen LogP contribution in [-0.4, -0.2) is 33.8 Å². The number of hydrogen-bond donors (Lipinski definition) is 0. The maximum Gasteiger partial charge on any atom is 0.441 e. The summed E-state index contributed by atoms with van der Waals surface area (Å²) in [6.07, 6.45) is 0.509. The molecule has 0 saturated heterocycles. The van der Waals surface area contributed by atoms with Crippen molar-refractivity contribution in [1.29, 1.82) is 0 Å². The van der Waals surface area contributed by atoms with Crippen molar-refractivity contribution < 1.29 is 17.9 Å². The van der Waals surface area contributed by atoms with Crippen LogP contribution in [-0.2, 0) is 13.0 Å². The van der Waals surface area contributed by atoms with E-state index in [0.29, 0.717) is 23.9 Å². The molecular weight excluding hydrogens is 325 g/mol. The van der Waals surface area contributed by atoms with Gasteiger partial charge in [-0.1, -0.05) is 0 Å². The molecule has 0 atom stereocenters. The number of ether oxygens (including phenoxy) is 1. The van der Waals surface area contributed by atoms with Gasteiger partial charge in [0, 0.05) is 30.7 Å². The van der Waals surface area contributed by atoms with E-state index in [9.17, 15) is 13.2 Å². The minimum atomic E-state index is -4.22. The highest BCUT2D eigenvalue weighted by Gasteiger charge is 2.27. The van der Waals surface area contributed by atoms with Crippen LogP contribution in [0.4, 0.5) is 13.2 Å². The Morgan fingerprint density at radius 3 is 2.76 bits per heavy atom. The molecule has 0 aliphatic rings. The fourth-order valence-electron chi connectivity index (χ4n) is 2.06. The predicted octanol–water partition coefficient (Wildman–Crippen LogP) is 4.08. The van der Waals surface area contributed by atoms with Gasteiger partial charge >= 0.3 is 5.51 Å². The summed E-state index contributed by atoms with van der Waals surface area (Å²) in [5.74, 6) is 1.63. The summed E-state index contributed by atoms with van der Waals surface area (Å²) in [6.45, 7) is 0.222. The van der Waals surface area contributed by atoms with Gasteiger partial charge in [-0.05, 0) is 23.9 Å². The van der Waals surface area contributed by atoms with Crippen LogP contribution in [0.1, 0.15) is 5.82 Å². The minimum absolute atomic E-state index is 0.0357. The lowest BCUT2D eigenvalue weighted by atomic mass is 10.3. The normalized spacial score (nSPS) is 12.0. The van der Waals surface area contributed by atoms with Crippen molar-refractivity contribution in [2.45, 2.75) is 18.5 Å². The Kier molecular flexibility index (Phi) is 5.27. The molecule has 0 bridgehead atoms. The van der Waals surface area contributed by atoms with Crippen molar-refractivity contribution >= 4 is 34.4 Å². The number of hydrogen-bond acceptors (Lipinski definition) is 3. The molecular formula is C13H14ClF3N2OS. The Bertz CT molecular complexity index is 615. The maximum atomic E-state index is 12.3. The quantitative estimate of drug-likeness (QED) is 0.743. The molecule has 0 radical (unpaired) electrons. The van der Waals surface area contributed by atoms with Crippen LogP contribution in [0.3, 0.4) is 0 Å². The molecule has 0 spiro atoms. The van der Waals surface area contributed by atoms with E-state index in [0.717, 1.165) is 11.0 Å². The van der Waals surface area contributed by atoms with E-state index in [2.05, 4.69) is 4.98 Å². The first-order valence-electron chi connectivity index (χ1n) is 6.24. The minimum Gasteiger partial charge on any atom is -0.497 e. The summed E-state index contributed by atoms with van der Waals surface area (Å²) in [5, 5.41) is 0. The lowest BCUT2D eigenvalue weighted by Crippen LogP contribution is -2.10. The van der Waals surface area contributed by atoms with Gasteiger partial charge in [0.05, 0.1) is 18.1 Å². The van der Waals surface area contributed by atoms with Crippen LogP contribution in [0.25, 0.3) is 11.0 Å². The highest BCUT2D eigenvalue weighted by molar-refractivity contribution is 8.00. The van der Waals surface area contributed by atoms with E-state index < -0.39 is 5.51 Å². The Morgan fingerprint density at radius 2 is 2.14 bits per heavy atom. The van der Waals surface area contributed by atoms with Gasteiger partial charge in [-0.3, -0.25) is 0 Å². The van der Waals surface area contributed by atoms with Crippen molar-refractivity contribution in [1.82, 2.24) is 9.55 Å². The van der Waals surface area contributed by atoms with Crippen molar-refractivity contribution in [2.24, 2.45) is 0 Å². The highest BCUT2D eigenvalue weighted by Crippen LogP contribution is 2.31. The average molecular weight is 339 g/mol. The summed E-state index contributed by atoms with van der Waals surface area (Å²) < 4.78 is 43.7. The van der Waals surface area contributed by atoms with E-state index in [1.54, 1.807) is 29.9 Å². The summed E-state index contributed by atoms with van der Waals surface area (Å²) in [5.41, 5.74) is -2.73. The fraction of sp³-hybridized carbons (Fsp3) is 0.462. The summed E-state index contributed by atoms with van der Waals surface area (Å²) in [4.78, 5) is 4.43. The third-order valence-electron chi connectivity index (χ3n) is 2.93. The molecule has 8 heteroatoms. The number of thioether (sulfide) groups is 1. The monoisotopic (exact) mass is 338 g/mol. The number of alkyl halides is 4. The van der Waals surface area contributed by atoms with Gasteiger partial charge in [0.1, 0.15) is 11.6 Å². The number of methoxy groups -OCH3 is 1. The Labute approximate surface area is 129 Å². The topological polar surface area (TPSA) is 27.1 Å². The molecule has 116 valence electrons. The molecule has 1 heterocycles. The van der Waals surface area contributed by atoms with E-state index in [1.165, 1.54) is 0 Å². The average Bonchev–Trinajstić information content (AvgIpc) is 2.75. The second kappa shape index (κ2) is 6.79. The molecule has 0 N–H and O–H groups in total. The van der Waals surface area contributed by atoms with Gasteiger partial charge in [-0.25, -0.2) is 4.98 Å². The molecule has 0 aliphatic heterocycles. The molecule has 0 aliphatic carbocycles. The molecule has 3 nitrogen and oxygen atoms in total. The first-order valence-corrected chi connectivity index (χ1v) is 7.76. The number of benzene rings is 1. The first-order chi connectivity index (χ1) is 9.94. The third kappa shape index (κ3) is 4.20. The van der Waals surface area contributed by atoms with Gasteiger partial charge in [0.15, 0.2) is 0 Å². The Balaban J connectivity index is 2.30. The van der Waals surface area contributed by atoms with Crippen LogP contribution >= 0.6 is 23.4 Å². The standard InChI is InChI=1S/C13H14ClF3N2OS/c1-20-9-2-3-10-11(8-9)19(12(18-10)4-5-14)6-7-21-13(15,16)17/h2-3,8H,4-7H2,1H3. The van der Waals surface area contributed by atoms with Crippen LogP contribution in [0.5, 0.6) is 5.75 Å². The smallest absolute Gasteiger partial charge is 0.441 e. The van der Waals surface area contributed by atoms with Crippen LogP contribution in [0.15, 0.2) is 18.2 Å². The number of fused-ring (bicyclic) bond motifs is 1. The molecule has 0 fully saturated rings. The van der Waals surface area contributed by atoms with Crippen molar-refractivity contribution in [3.63, 3.8) is 0 Å². The Morgan fingerprint density at radius 1 is 1.38 bits per heavy atom. The summed E-state index contributed by atoms with van der Waals surface area (Å²) >= 11 is 5.70. The number of aromatic nitrogens is 2. The second-order valence-corrected chi connectivity index (χ2v) is 5.81. The SMILES string of the molecule is COc1ccc2nc(CCCl)n(CCSC(F)(F)F)c2c1.